The van der Waals surface area contributed by atoms with Gasteiger partial charge in [0.05, 0.1) is 17.3 Å². The topological polar surface area (TPSA) is 85.7 Å². The third kappa shape index (κ3) is 4.62. The van der Waals surface area contributed by atoms with Crippen molar-refractivity contribution in [3.8, 4) is 6.07 Å². The molecular weight excluding hydrogens is 308 g/mol. The van der Waals surface area contributed by atoms with Crippen molar-refractivity contribution in [1.29, 1.82) is 5.26 Å². The molecule has 24 heavy (non-hydrogen) atoms. The molecular formula is C17H22N4O3. The quantitative estimate of drug-likeness (QED) is 0.916. The van der Waals surface area contributed by atoms with Gasteiger partial charge >= 0.3 is 6.09 Å². The first-order chi connectivity index (χ1) is 11.3. The third-order valence-electron chi connectivity index (χ3n) is 3.38. The zero-order chi connectivity index (χ0) is 17.7. The molecule has 1 aromatic rings. The molecule has 128 valence electrons. The minimum absolute atomic E-state index is 0.136. The standard InChI is InChI=1S/C17H22N4O3/c1-17(2,3)24-16(23)19-12-15(22)21-9-5-8-20(21)14-7-4-6-13(10-14)11-18/h4,6-7,10H,5,8-9,12H2,1-3H3,(H,19,23). The second kappa shape index (κ2) is 7.21. The molecule has 0 aromatic heterocycles. The molecule has 1 N–H and O–H groups in total. The third-order valence-corrected chi connectivity index (χ3v) is 3.38. The molecule has 1 aliphatic rings. The van der Waals surface area contributed by atoms with Crippen LogP contribution in [0.3, 0.4) is 0 Å². The highest BCUT2D eigenvalue weighted by atomic mass is 16.6. The van der Waals surface area contributed by atoms with Gasteiger partial charge in [-0.2, -0.15) is 5.26 Å². The fraction of sp³-hybridized carbons (Fsp3) is 0.471. The first-order valence-corrected chi connectivity index (χ1v) is 7.85. The molecule has 2 amide bonds. The highest BCUT2D eigenvalue weighted by Crippen LogP contribution is 2.22. The average molecular weight is 330 g/mol. The molecule has 0 atom stereocenters. The second-order valence-corrected chi connectivity index (χ2v) is 6.51. The van der Waals surface area contributed by atoms with Gasteiger partial charge < -0.3 is 10.1 Å². The Bertz CT molecular complexity index is 661. The largest absolute Gasteiger partial charge is 0.444 e. The van der Waals surface area contributed by atoms with E-state index >= 15 is 0 Å². The van der Waals surface area contributed by atoms with Crippen LogP contribution in [0.15, 0.2) is 24.3 Å². The number of amides is 2. The van der Waals surface area contributed by atoms with Gasteiger partial charge in [0, 0.05) is 13.1 Å². The molecule has 1 fully saturated rings. The normalized spacial score (nSPS) is 14.2. The zero-order valence-corrected chi connectivity index (χ0v) is 14.2. The first-order valence-electron chi connectivity index (χ1n) is 7.85. The number of carbonyl (C=O) groups excluding carboxylic acids is 2. The van der Waals surface area contributed by atoms with Gasteiger partial charge in [0.15, 0.2) is 0 Å². The minimum Gasteiger partial charge on any atom is -0.444 e. The highest BCUT2D eigenvalue weighted by Gasteiger charge is 2.27. The number of nitrogens with zero attached hydrogens (tertiary/aromatic N) is 3. The van der Waals surface area contributed by atoms with E-state index in [1.54, 1.807) is 44.0 Å². The lowest BCUT2D eigenvalue weighted by molar-refractivity contribution is -0.129. The maximum Gasteiger partial charge on any atom is 0.408 e. The Morgan fingerprint density at radius 1 is 1.33 bits per heavy atom. The summed E-state index contributed by atoms with van der Waals surface area (Å²) in [5.41, 5.74) is 0.723. The number of nitriles is 1. The van der Waals surface area contributed by atoms with Crippen molar-refractivity contribution >= 4 is 17.7 Å². The Balaban J connectivity index is 1.98. The van der Waals surface area contributed by atoms with Crippen molar-refractivity contribution in [3.05, 3.63) is 29.8 Å². The van der Waals surface area contributed by atoms with E-state index in [9.17, 15) is 9.59 Å². The van der Waals surface area contributed by atoms with Crippen LogP contribution in [-0.4, -0.2) is 42.2 Å². The van der Waals surface area contributed by atoms with E-state index in [-0.39, 0.29) is 12.5 Å². The Morgan fingerprint density at radius 3 is 2.75 bits per heavy atom. The maximum atomic E-state index is 12.4. The zero-order valence-electron chi connectivity index (χ0n) is 14.2. The number of rotatable bonds is 3. The lowest BCUT2D eigenvalue weighted by Crippen LogP contribution is -2.47. The van der Waals surface area contributed by atoms with E-state index in [1.807, 2.05) is 11.1 Å². The van der Waals surface area contributed by atoms with Gasteiger partial charge in [-0.3, -0.25) is 14.8 Å². The Kier molecular flexibility index (Phi) is 5.29. The fourth-order valence-electron chi connectivity index (χ4n) is 2.43. The number of alkyl carbamates (subject to hydrolysis) is 1. The van der Waals surface area contributed by atoms with E-state index in [1.165, 1.54) is 0 Å². The number of anilines is 1. The molecule has 1 saturated heterocycles. The second-order valence-electron chi connectivity index (χ2n) is 6.51. The van der Waals surface area contributed by atoms with E-state index in [2.05, 4.69) is 11.4 Å². The van der Waals surface area contributed by atoms with Crippen LogP contribution in [-0.2, 0) is 9.53 Å². The summed E-state index contributed by atoms with van der Waals surface area (Å²) in [5.74, 6) is -0.222. The van der Waals surface area contributed by atoms with Gasteiger partial charge in [-0.15, -0.1) is 0 Å². The summed E-state index contributed by atoms with van der Waals surface area (Å²) in [6.07, 6.45) is 0.211. The lowest BCUT2D eigenvalue weighted by Gasteiger charge is -2.30. The predicted octanol–water partition coefficient (Wildman–Crippen LogP) is 2.04. The van der Waals surface area contributed by atoms with Gasteiger partial charge in [-0.1, -0.05) is 6.07 Å². The van der Waals surface area contributed by atoms with Gasteiger partial charge in [0.1, 0.15) is 12.1 Å². The van der Waals surface area contributed by atoms with Crippen molar-refractivity contribution in [2.75, 3.05) is 24.6 Å². The van der Waals surface area contributed by atoms with E-state index < -0.39 is 11.7 Å². The molecule has 7 heteroatoms. The Morgan fingerprint density at radius 2 is 2.08 bits per heavy atom. The number of hydrogen-bond acceptors (Lipinski definition) is 5. The lowest BCUT2D eigenvalue weighted by atomic mass is 10.2. The van der Waals surface area contributed by atoms with Crippen LogP contribution in [0, 0.1) is 11.3 Å². The molecule has 2 rings (SSSR count). The Hall–Kier alpha value is -2.75. The number of hydrogen-bond donors (Lipinski definition) is 1. The van der Waals surface area contributed by atoms with Crippen LogP contribution in [0.5, 0.6) is 0 Å². The van der Waals surface area contributed by atoms with Gasteiger partial charge in [-0.25, -0.2) is 4.79 Å². The molecule has 1 aromatic carbocycles. The van der Waals surface area contributed by atoms with Gasteiger partial charge in [-0.05, 0) is 45.4 Å². The van der Waals surface area contributed by atoms with Gasteiger partial charge in [0.25, 0.3) is 5.91 Å². The van der Waals surface area contributed by atoms with E-state index in [4.69, 9.17) is 10.00 Å². The van der Waals surface area contributed by atoms with Crippen molar-refractivity contribution in [1.82, 2.24) is 10.3 Å². The number of nitrogens with one attached hydrogen (secondary N) is 1. The molecule has 1 heterocycles. The molecule has 0 saturated carbocycles. The number of ether oxygens (including phenoxy) is 1. The summed E-state index contributed by atoms with van der Waals surface area (Å²) in [6.45, 7) is 6.42. The summed E-state index contributed by atoms with van der Waals surface area (Å²) in [6, 6.07) is 9.19. The Labute approximate surface area is 141 Å². The molecule has 0 unspecified atom stereocenters. The summed E-state index contributed by atoms with van der Waals surface area (Å²) in [4.78, 5) is 24.1. The van der Waals surface area contributed by atoms with Crippen molar-refractivity contribution < 1.29 is 14.3 Å². The average Bonchev–Trinajstić information content (AvgIpc) is 3.00. The minimum atomic E-state index is -0.618. The van der Waals surface area contributed by atoms with E-state index in [0.717, 1.165) is 12.1 Å². The van der Waals surface area contributed by atoms with Gasteiger partial charge in [0.2, 0.25) is 0 Å². The monoisotopic (exact) mass is 330 g/mol. The molecule has 7 nitrogen and oxygen atoms in total. The predicted molar refractivity (Wildman–Crippen MR) is 89.1 cm³/mol. The van der Waals surface area contributed by atoms with Crippen LogP contribution in [0.25, 0.3) is 0 Å². The summed E-state index contributed by atoms with van der Waals surface area (Å²) >= 11 is 0. The van der Waals surface area contributed by atoms with Crippen LogP contribution < -0.4 is 10.3 Å². The van der Waals surface area contributed by atoms with E-state index in [0.29, 0.717) is 18.7 Å². The van der Waals surface area contributed by atoms with Crippen LogP contribution in [0.1, 0.15) is 32.8 Å². The van der Waals surface area contributed by atoms with Crippen molar-refractivity contribution in [2.24, 2.45) is 0 Å². The smallest absolute Gasteiger partial charge is 0.408 e. The molecule has 0 bridgehead atoms. The SMILES string of the molecule is CC(C)(C)OC(=O)NCC(=O)N1CCCN1c1cccc(C#N)c1. The molecule has 0 radical (unpaired) electrons. The van der Waals surface area contributed by atoms with Crippen molar-refractivity contribution in [2.45, 2.75) is 32.8 Å². The molecule has 0 spiro atoms. The van der Waals surface area contributed by atoms with Crippen LogP contribution in [0.2, 0.25) is 0 Å². The summed E-state index contributed by atoms with van der Waals surface area (Å²) < 4.78 is 5.12. The molecule has 1 aliphatic heterocycles. The highest BCUT2D eigenvalue weighted by molar-refractivity contribution is 5.84. The number of carbonyl (C=O) groups is 2. The molecule has 0 aliphatic carbocycles. The summed E-state index contributed by atoms with van der Waals surface area (Å²) in [7, 11) is 0. The van der Waals surface area contributed by atoms with Crippen LogP contribution >= 0.6 is 0 Å². The van der Waals surface area contributed by atoms with Crippen LogP contribution in [0.4, 0.5) is 10.5 Å². The summed E-state index contributed by atoms with van der Waals surface area (Å²) in [5, 5.41) is 14.9. The van der Waals surface area contributed by atoms with Crippen molar-refractivity contribution in [3.63, 3.8) is 0 Å². The fourth-order valence-corrected chi connectivity index (χ4v) is 2.43. The maximum absolute atomic E-state index is 12.4. The number of benzene rings is 1. The first kappa shape index (κ1) is 17.6. The number of hydrazine groups is 1.